The maximum atomic E-state index is 12.1. The van der Waals surface area contributed by atoms with Crippen molar-refractivity contribution in [2.75, 3.05) is 0 Å². The monoisotopic (exact) mass is 286 g/mol. The molecule has 1 N–H and O–H groups in total. The number of carbonyl (C=O) groups excluding carboxylic acids is 1. The van der Waals surface area contributed by atoms with Gasteiger partial charge in [-0.1, -0.05) is 6.07 Å². The van der Waals surface area contributed by atoms with Crippen molar-refractivity contribution in [3.63, 3.8) is 0 Å². The van der Waals surface area contributed by atoms with Crippen LogP contribution in [0.1, 0.15) is 43.0 Å². The number of aromatic nitrogens is 1. The number of halogens is 3. The summed E-state index contributed by atoms with van der Waals surface area (Å²) in [6.45, 7) is 1.89. The Balaban J connectivity index is 2.00. The summed E-state index contributed by atoms with van der Waals surface area (Å²) in [6, 6.07) is 3.42. The van der Waals surface area contributed by atoms with E-state index in [1.54, 1.807) is 12.3 Å². The summed E-state index contributed by atoms with van der Waals surface area (Å²) < 4.78 is 36.4. The van der Waals surface area contributed by atoms with E-state index in [2.05, 4.69) is 10.3 Å². The van der Waals surface area contributed by atoms with Gasteiger partial charge in [0, 0.05) is 12.6 Å². The molecule has 1 aliphatic carbocycles. The Kier molecular flexibility index (Phi) is 4.30. The Labute approximate surface area is 115 Å². The van der Waals surface area contributed by atoms with Crippen LogP contribution >= 0.6 is 0 Å². The largest absolute Gasteiger partial charge is 0.389 e. The van der Waals surface area contributed by atoms with Crippen molar-refractivity contribution in [1.82, 2.24) is 10.3 Å². The first kappa shape index (κ1) is 14.8. The van der Waals surface area contributed by atoms with Crippen LogP contribution in [0.15, 0.2) is 18.3 Å². The van der Waals surface area contributed by atoms with Crippen LogP contribution in [0.5, 0.6) is 0 Å². The molecule has 1 saturated carbocycles. The normalized spacial score (nSPS) is 16.8. The van der Waals surface area contributed by atoms with Gasteiger partial charge in [-0.05, 0) is 37.3 Å². The second-order valence-corrected chi connectivity index (χ2v) is 5.20. The average Bonchev–Trinajstić information content (AvgIpc) is 3.18. The lowest BCUT2D eigenvalue weighted by Gasteiger charge is -2.19. The van der Waals surface area contributed by atoms with E-state index < -0.39 is 24.9 Å². The molecule has 0 radical (unpaired) electrons. The third-order valence-corrected chi connectivity index (χ3v) is 3.39. The first-order chi connectivity index (χ1) is 9.37. The summed E-state index contributed by atoms with van der Waals surface area (Å²) in [5.74, 6) is -0.275. The predicted octanol–water partition coefficient (Wildman–Crippen LogP) is 3.30. The topological polar surface area (TPSA) is 42.0 Å². The molecule has 1 atom stereocenters. The quantitative estimate of drug-likeness (QED) is 0.902. The van der Waals surface area contributed by atoms with Gasteiger partial charge in [0.25, 0.3) is 0 Å². The molecule has 1 unspecified atom stereocenters. The molecule has 1 amide bonds. The van der Waals surface area contributed by atoms with E-state index in [0.29, 0.717) is 5.92 Å². The first-order valence-electron chi connectivity index (χ1n) is 6.64. The summed E-state index contributed by atoms with van der Waals surface area (Å²) >= 11 is 0. The highest BCUT2D eigenvalue weighted by Crippen LogP contribution is 2.41. The molecule has 0 bridgehead atoms. The van der Waals surface area contributed by atoms with Gasteiger partial charge in [-0.3, -0.25) is 9.78 Å². The third-order valence-electron chi connectivity index (χ3n) is 3.39. The minimum atomic E-state index is -4.30. The van der Waals surface area contributed by atoms with Gasteiger partial charge >= 0.3 is 6.18 Å². The molecule has 1 aliphatic rings. The summed E-state index contributed by atoms with van der Waals surface area (Å²) in [5, 5.41) is 2.71. The summed E-state index contributed by atoms with van der Waals surface area (Å²) in [6.07, 6.45) is -2.33. The molecular formula is C14H17F3N2O. The number of rotatable bonds is 5. The highest BCUT2D eigenvalue weighted by Gasteiger charge is 2.35. The van der Waals surface area contributed by atoms with Crippen LogP contribution in [0.4, 0.5) is 13.2 Å². The van der Waals surface area contributed by atoms with Gasteiger partial charge in [0.2, 0.25) is 5.91 Å². The minimum Gasteiger partial charge on any atom is -0.347 e. The molecule has 110 valence electrons. The molecule has 20 heavy (non-hydrogen) atoms. The standard InChI is InChI=1S/C14H17F3N2O/c1-9-3-2-8-18-12(9)13(10-4-5-10)19-11(20)6-7-14(15,16)17/h2-3,8,10,13H,4-7H2,1H3,(H,19,20). The van der Waals surface area contributed by atoms with E-state index in [1.807, 2.05) is 13.0 Å². The first-order valence-corrected chi connectivity index (χ1v) is 6.64. The minimum absolute atomic E-state index is 0.267. The summed E-state index contributed by atoms with van der Waals surface area (Å²) in [4.78, 5) is 15.9. The van der Waals surface area contributed by atoms with E-state index in [-0.39, 0.29) is 6.04 Å². The number of nitrogens with zero attached hydrogens (tertiary/aromatic N) is 1. The van der Waals surface area contributed by atoms with Crippen LogP contribution in [-0.2, 0) is 4.79 Å². The van der Waals surface area contributed by atoms with Crippen molar-refractivity contribution in [1.29, 1.82) is 0 Å². The molecule has 2 rings (SSSR count). The number of pyridine rings is 1. The van der Waals surface area contributed by atoms with Gasteiger partial charge in [0.1, 0.15) is 0 Å². The molecule has 1 heterocycles. The Morgan fingerprint density at radius 2 is 2.20 bits per heavy atom. The lowest BCUT2D eigenvalue weighted by Crippen LogP contribution is -2.31. The SMILES string of the molecule is Cc1cccnc1C(NC(=O)CCC(F)(F)F)C1CC1. The number of nitrogens with one attached hydrogen (secondary N) is 1. The Morgan fingerprint density at radius 3 is 2.75 bits per heavy atom. The second kappa shape index (κ2) is 5.81. The van der Waals surface area contributed by atoms with E-state index in [9.17, 15) is 18.0 Å². The maximum absolute atomic E-state index is 12.1. The van der Waals surface area contributed by atoms with Crippen molar-refractivity contribution >= 4 is 5.91 Å². The Hall–Kier alpha value is -1.59. The van der Waals surface area contributed by atoms with Crippen LogP contribution in [-0.4, -0.2) is 17.1 Å². The number of alkyl halides is 3. The van der Waals surface area contributed by atoms with Crippen molar-refractivity contribution < 1.29 is 18.0 Å². The molecule has 0 saturated heterocycles. The third kappa shape index (κ3) is 4.21. The summed E-state index contributed by atoms with van der Waals surface area (Å²) in [7, 11) is 0. The van der Waals surface area contributed by atoms with Crippen molar-refractivity contribution in [2.24, 2.45) is 5.92 Å². The van der Waals surface area contributed by atoms with Crippen LogP contribution in [0.2, 0.25) is 0 Å². The fourth-order valence-electron chi connectivity index (χ4n) is 2.16. The van der Waals surface area contributed by atoms with Crippen molar-refractivity contribution in [2.45, 2.75) is 44.8 Å². The molecule has 1 fully saturated rings. The number of aryl methyl sites for hydroxylation is 1. The zero-order valence-electron chi connectivity index (χ0n) is 11.2. The average molecular weight is 286 g/mol. The van der Waals surface area contributed by atoms with Gasteiger partial charge in [0.05, 0.1) is 18.2 Å². The fraction of sp³-hybridized carbons (Fsp3) is 0.571. The molecule has 1 aromatic heterocycles. The number of amides is 1. The highest BCUT2D eigenvalue weighted by molar-refractivity contribution is 5.76. The summed E-state index contributed by atoms with van der Waals surface area (Å²) in [5.41, 5.74) is 1.70. The molecule has 0 spiro atoms. The van der Waals surface area contributed by atoms with Crippen molar-refractivity contribution in [3.8, 4) is 0 Å². The lowest BCUT2D eigenvalue weighted by atomic mass is 10.0. The van der Waals surface area contributed by atoms with Gasteiger partial charge in [-0.25, -0.2) is 0 Å². The molecule has 0 aliphatic heterocycles. The molecule has 0 aromatic carbocycles. The van der Waals surface area contributed by atoms with Gasteiger partial charge in [-0.2, -0.15) is 13.2 Å². The molecular weight excluding hydrogens is 269 g/mol. The van der Waals surface area contributed by atoms with E-state index >= 15 is 0 Å². The van der Waals surface area contributed by atoms with Crippen LogP contribution < -0.4 is 5.32 Å². The van der Waals surface area contributed by atoms with Crippen molar-refractivity contribution in [3.05, 3.63) is 29.6 Å². The second-order valence-electron chi connectivity index (χ2n) is 5.20. The van der Waals surface area contributed by atoms with Crippen LogP contribution in [0, 0.1) is 12.8 Å². The molecule has 6 heteroatoms. The maximum Gasteiger partial charge on any atom is 0.389 e. The fourth-order valence-corrected chi connectivity index (χ4v) is 2.16. The lowest BCUT2D eigenvalue weighted by molar-refractivity contribution is -0.144. The Morgan fingerprint density at radius 1 is 1.50 bits per heavy atom. The van der Waals surface area contributed by atoms with Crippen LogP contribution in [0.3, 0.4) is 0 Å². The number of hydrogen-bond donors (Lipinski definition) is 1. The van der Waals surface area contributed by atoms with Gasteiger partial charge in [0.15, 0.2) is 0 Å². The zero-order chi connectivity index (χ0) is 14.8. The predicted molar refractivity (Wildman–Crippen MR) is 67.9 cm³/mol. The highest BCUT2D eigenvalue weighted by atomic mass is 19.4. The van der Waals surface area contributed by atoms with E-state index in [4.69, 9.17) is 0 Å². The van der Waals surface area contributed by atoms with E-state index in [1.165, 1.54) is 0 Å². The van der Waals surface area contributed by atoms with E-state index in [0.717, 1.165) is 24.1 Å². The number of hydrogen-bond acceptors (Lipinski definition) is 2. The van der Waals surface area contributed by atoms with Gasteiger partial charge in [-0.15, -0.1) is 0 Å². The smallest absolute Gasteiger partial charge is 0.347 e. The zero-order valence-corrected chi connectivity index (χ0v) is 11.2. The number of carbonyl (C=O) groups is 1. The Bertz CT molecular complexity index is 484. The van der Waals surface area contributed by atoms with Crippen LogP contribution in [0.25, 0.3) is 0 Å². The molecule has 3 nitrogen and oxygen atoms in total. The molecule has 1 aromatic rings. The van der Waals surface area contributed by atoms with Gasteiger partial charge < -0.3 is 5.32 Å².